The second-order valence-electron chi connectivity index (χ2n) is 7.43. The minimum absolute atomic E-state index is 0.0775. The molecule has 2 aromatic rings. The van der Waals surface area contributed by atoms with Gasteiger partial charge >= 0.3 is 0 Å². The highest BCUT2D eigenvalue weighted by atomic mass is 16.5. The highest BCUT2D eigenvalue weighted by molar-refractivity contribution is 5.94. The first kappa shape index (κ1) is 19.2. The quantitative estimate of drug-likeness (QED) is 0.831. The van der Waals surface area contributed by atoms with Crippen LogP contribution in [0.1, 0.15) is 55.6 Å². The fourth-order valence-electron chi connectivity index (χ4n) is 2.95. The first-order valence-corrected chi connectivity index (χ1v) is 8.82. The number of rotatable bonds is 6. The lowest BCUT2D eigenvalue weighted by atomic mass is 9.86. The van der Waals surface area contributed by atoms with Crippen molar-refractivity contribution < 1.29 is 9.53 Å². The van der Waals surface area contributed by atoms with Gasteiger partial charge in [-0.3, -0.25) is 4.79 Å². The monoisotopic (exact) mass is 339 g/mol. The minimum atomic E-state index is -0.512. The second-order valence-corrected chi connectivity index (χ2v) is 7.43. The number of hydrogen-bond donors (Lipinski definition) is 1. The van der Waals surface area contributed by atoms with Crippen LogP contribution >= 0.6 is 0 Å². The van der Waals surface area contributed by atoms with Crippen molar-refractivity contribution in [1.82, 2.24) is 5.32 Å². The molecule has 0 aliphatic heterocycles. The first-order valence-electron chi connectivity index (χ1n) is 8.82. The molecule has 0 aliphatic rings. The van der Waals surface area contributed by atoms with E-state index in [4.69, 9.17) is 4.74 Å². The maximum Gasteiger partial charge on any atom is 0.251 e. The fourth-order valence-corrected chi connectivity index (χ4v) is 2.95. The van der Waals surface area contributed by atoms with E-state index in [-0.39, 0.29) is 11.3 Å². The summed E-state index contributed by atoms with van der Waals surface area (Å²) >= 11 is 0. The van der Waals surface area contributed by atoms with Gasteiger partial charge in [-0.2, -0.15) is 0 Å². The molecule has 0 aliphatic carbocycles. The molecule has 0 fully saturated rings. The molecule has 0 aromatic heterocycles. The van der Waals surface area contributed by atoms with E-state index >= 15 is 0 Å². The van der Waals surface area contributed by atoms with Gasteiger partial charge in [-0.1, -0.05) is 70.2 Å². The van der Waals surface area contributed by atoms with Gasteiger partial charge in [-0.15, -0.1) is 0 Å². The van der Waals surface area contributed by atoms with Gasteiger partial charge in [0.2, 0.25) is 0 Å². The third kappa shape index (κ3) is 4.49. The molecule has 1 unspecified atom stereocenters. The predicted octanol–water partition coefficient (Wildman–Crippen LogP) is 4.67. The van der Waals surface area contributed by atoms with Crippen LogP contribution in [0, 0.1) is 0 Å². The molecule has 134 valence electrons. The molecule has 1 amide bonds. The van der Waals surface area contributed by atoms with Crippen LogP contribution in [-0.2, 0) is 15.8 Å². The molecule has 0 radical (unpaired) electrons. The van der Waals surface area contributed by atoms with E-state index in [0.717, 1.165) is 12.0 Å². The molecule has 1 N–H and O–H groups in total. The Hall–Kier alpha value is -2.13. The largest absolute Gasteiger partial charge is 0.372 e. The van der Waals surface area contributed by atoms with E-state index in [2.05, 4.69) is 33.0 Å². The van der Waals surface area contributed by atoms with Gasteiger partial charge in [0, 0.05) is 12.7 Å². The highest BCUT2D eigenvalue weighted by Gasteiger charge is 2.30. The van der Waals surface area contributed by atoms with Crippen LogP contribution in [0.4, 0.5) is 0 Å². The Morgan fingerprint density at radius 3 is 2.04 bits per heavy atom. The Morgan fingerprint density at radius 1 is 0.960 bits per heavy atom. The summed E-state index contributed by atoms with van der Waals surface area (Å²) in [6.45, 7) is 8.99. The molecular weight excluding hydrogens is 310 g/mol. The number of nitrogens with one attached hydrogen (secondary N) is 1. The summed E-state index contributed by atoms with van der Waals surface area (Å²) in [5.41, 5.74) is 2.52. The van der Waals surface area contributed by atoms with Crippen molar-refractivity contribution in [2.75, 3.05) is 13.7 Å². The van der Waals surface area contributed by atoms with Crippen molar-refractivity contribution in [3.63, 3.8) is 0 Å². The van der Waals surface area contributed by atoms with Crippen molar-refractivity contribution >= 4 is 5.91 Å². The van der Waals surface area contributed by atoms with E-state index < -0.39 is 5.60 Å². The number of methoxy groups -OCH3 is 1. The Morgan fingerprint density at radius 2 is 1.56 bits per heavy atom. The topological polar surface area (TPSA) is 38.3 Å². The van der Waals surface area contributed by atoms with E-state index in [1.807, 2.05) is 54.6 Å². The van der Waals surface area contributed by atoms with Crippen molar-refractivity contribution in [2.45, 2.75) is 45.1 Å². The number of benzene rings is 2. The van der Waals surface area contributed by atoms with E-state index in [1.165, 1.54) is 5.56 Å². The van der Waals surface area contributed by atoms with Crippen LogP contribution in [0.3, 0.4) is 0 Å². The molecule has 0 spiro atoms. The van der Waals surface area contributed by atoms with E-state index in [1.54, 1.807) is 7.11 Å². The summed E-state index contributed by atoms with van der Waals surface area (Å²) in [7, 11) is 1.70. The third-order valence-electron chi connectivity index (χ3n) is 4.81. The molecule has 2 aromatic carbocycles. The van der Waals surface area contributed by atoms with Gasteiger partial charge in [0.05, 0.1) is 6.54 Å². The van der Waals surface area contributed by atoms with Crippen LogP contribution in [0.25, 0.3) is 0 Å². The number of amides is 1. The van der Waals surface area contributed by atoms with Crippen LogP contribution in [0.5, 0.6) is 0 Å². The summed E-state index contributed by atoms with van der Waals surface area (Å²) < 4.78 is 5.81. The van der Waals surface area contributed by atoms with Crippen LogP contribution in [0.15, 0.2) is 54.6 Å². The Kier molecular flexibility index (Phi) is 6.02. The lowest BCUT2D eigenvalue weighted by Gasteiger charge is -2.32. The number of carbonyl (C=O) groups is 1. The molecule has 0 heterocycles. The lowest BCUT2D eigenvalue weighted by Crippen LogP contribution is -2.41. The van der Waals surface area contributed by atoms with Crippen molar-refractivity contribution in [3.8, 4) is 0 Å². The average molecular weight is 339 g/mol. The SMILES string of the molecule is CCC(CNC(=O)c1ccc(C(C)(C)C)cc1)(OC)c1ccccc1. The Labute approximate surface area is 151 Å². The number of hydrogen-bond acceptors (Lipinski definition) is 2. The average Bonchev–Trinajstić information content (AvgIpc) is 2.63. The molecule has 0 saturated carbocycles. The maximum absolute atomic E-state index is 12.5. The van der Waals surface area contributed by atoms with Gasteiger partial charge in [0.1, 0.15) is 5.60 Å². The molecule has 3 heteroatoms. The summed E-state index contributed by atoms with van der Waals surface area (Å²) in [6, 6.07) is 17.9. The molecule has 1 atom stereocenters. The van der Waals surface area contributed by atoms with E-state index in [9.17, 15) is 4.79 Å². The third-order valence-corrected chi connectivity index (χ3v) is 4.81. The molecule has 0 bridgehead atoms. The minimum Gasteiger partial charge on any atom is -0.372 e. The van der Waals surface area contributed by atoms with Crippen molar-refractivity contribution in [3.05, 3.63) is 71.3 Å². The first-order chi connectivity index (χ1) is 11.8. The molecule has 2 rings (SSSR count). The van der Waals surface area contributed by atoms with Crippen molar-refractivity contribution in [1.29, 1.82) is 0 Å². The van der Waals surface area contributed by atoms with E-state index in [0.29, 0.717) is 12.1 Å². The zero-order chi connectivity index (χ0) is 18.5. The zero-order valence-corrected chi connectivity index (χ0v) is 15.9. The van der Waals surface area contributed by atoms with Gasteiger partial charge in [-0.05, 0) is 35.1 Å². The zero-order valence-electron chi connectivity index (χ0n) is 15.9. The molecule has 0 saturated heterocycles. The standard InChI is InChI=1S/C22H29NO2/c1-6-22(25-5,19-10-8-7-9-11-19)16-23-20(24)17-12-14-18(15-13-17)21(2,3)4/h7-15H,6,16H2,1-5H3,(H,23,24). The summed E-state index contributed by atoms with van der Waals surface area (Å²) in [4.78, 5) is 12.5. The van der Waals surface area contributed by atoms with Gasteiger partial charge in [0.15, 0.2) is 0 Å². The maximum atomic E-state index is 12.5. The Balaban J connectivity index is 2.12. The van der Waals surface area contributed by atoms with Gasteiger partial charge in [0.25, 0.3) is 5.91 Å². The van der Waals surface area contributed by atoms with Crippen molar-refractivity contribution in [2.24, 2.45) is 0 Å². The van der Waals surface area contributed by atoms with Crippen LogP contribution in [0.2, 0.25) is 0 Å². The summed E-state index contributed by atoms with van der Waals surface area (Å²) in [5, 5.41) is 3.03. The fraction of sp³-hybridized carbons (Fsp3) is 0.409. The highest BCUT2D eigenvalue weighted by Crippen LogP contribution is 2.28. The molecular formula is C22H29NO2. The summed E-state index contributed by atoms with van der Waals surface area (Å²) in [5.74, 6) is -0.0775. The molecule has 3 nitrogen and oxygen atoms in total. The lowest BCUT2D eigenvalue weighted by molar-refractivity contribution is -0.0164. The second kappa shape index (κ2) is 7.83. The molecule has 25 heavy (non-hydrogen) atoms. The number of carbonyl (C=O) groups excluding carboxylic acids is 1. The Bertz CT molecular complexity index is 680. The smallest absolute Gasteiger partial charge is 0.251 e. The normalized spacial score (nSPS) is 14.0. The number of ether oxygens (including phenoxy) is 1. The predicted molar refractivity (Wildman–Crippen MR) is 103 cm³/mol. The van der Waals surface area contributed by atoms with Crippen LogP contribution < -0.4 is 5.32 Å². The van der Waals surface area contributed by atoms with Crippen LogP contribution in [-0.4, -0.2) is 19.6 Å². The van der Waals surface area contributed by atoms with Gasteiger partial charge < -0.3 is 10.1 Å². The summed E-state index contributed by atoms with van der Waals surface area (Å²) in [6.07, 6.45) is 0.775. The van der Waals surface area contributed by atoms with Gasteiger partial charge in [-0.25, -0.2) is 0 Å².